The maximum atomic E-state index is 12.7. The summed E-state index contributed by atoms with van der Waals surface area (Å²) in [6, 6.07) is 3.72. The summed E-state index contributed by atoms with van der Waals surface area (Å²) in [5.41, 5.74) is 3.08. The quantitative estimate of drug-likeness (QED) is 0.545. The molecule has 28 heavy (non-hydrogen) atoms. The lowest BCUT2D eigenvalue weighted by molar-refractivity contribution is 0.429. The molecule has 4 aromatic rings. The number of rotatable bonds is 4. The molecule has 0 aliphatic rings. The van der Waals surface area contributed by atoms with E-state index in [9.17, 15) is 4.79 Å². The highest BCUT2D eigenvalue weighted by Crippen LogP contribution is 2.25. The van der Waals surface area contributed by atoms with Crippen molar-refractivity contribution in [1.82, 2.24) is 28.7 Å². The summed E-state index contributed by atoms with van der Waals surface area (Å²) in [6.45, 7) is 6.02. The molecule has 0 aliphatic carbocycles. The number of hydrogen-bond donors (Lipinski definition) is 0. The van der Waals surface area contributed by atoms with E-state index in [2.05, 4.69) is 15.1 Å². The van der Waals surface area contributed by atoms with Gasteiger partial charge in [0.1, 0.15) is 17.1 Å². The topological polar surface area (TPSA) is 79.2 Å². The molecule has 8 nitrogen and oxygen atoms in total. The van der Waals surface area contributed by atoms with Crippen molar-refractivity contribution in [2.75, 3.05) is 0 Å². The van der Waals surface area contributed by atoms with Crippen molar-refractivity contribution >= 4 is 5.52 Å². The van der Waals surface area contributed by atoms with Crippen LogP contribution in [-0.4, -0.2) is 28.7 Å². The summed E-state index contributed by atoms with van der Waals surface area (Å²) >= 11 is 0. The summed E-state index contributed by atoms with van der Waals surface area (Å²) in [6.07, 6.45) is 6.97. The first-order valence-corrected chi connectivity index (χ1v) is 9.06. The second-order valence-corrected chi connectivity index (χ2v) is 7.14. The molecule has 0 saturated heterocycles. The van der Waals surface area contributed by atoms with Gasteiger partial charge < -0.3 is 4.74 Å². The number of aromatic nitrogens is 6. The third kappa shape index (κ3) is 2.96. The average molecular weight is 378 g/mol. The zero-order chi connectivity index (χ0) is 20.0. The van der Waals surface area contributed by atoms with E-state index in [1.54, 1.807) is 34.7 Å². The highest BCUT2D eigenvalue weighted by atomic mass is 16.5. The Bertz CT molecular complexity index is 1210. The maximum Gasteiger partial charge on any atom is 0.279 e. The van der Waals surface area contributed by atoms with E-state index in [4.69, 9.17) is 4.74 Å². The molecule has 0 fully saturated rings. The van der Waals surface area contributed by atoms with E-state index in [-0.39, 0.29) is 11.5 Å². The molecule has 0 bridgehead atoms. The number of ether oxygens (including phenoxy) is 1. The number of aryl methyl sites for hydroxylation is 2. The fourth-order valence-corrected chi connectivity index (χ4v) is 3.23. The third-order valence-electron chi connectivity index (χ3n) is 4.68. The molecule has 0 spiro atoms. The van der Waals surface area contributed by atoms with Crippen LogP contribution in [-0.2, 0) is 14.1 Å². The molecule has 0 radical (unpaired) electrons. The Labute approximate surface area is 162 Å². The van der Waals surface area contributed by atoms with Gasteiger partial charge in [-0.25, -0.2) is 4.98 Å². The highest BCUT2D eigenvalue weighted by molar-refractivity contribution is 5.61. The van der Waals surface area contributed by atoms with Crippen LogP contribution in [0.25, 0.3) is 16.8 Å². The molecule has 144 valence electrons. The summed E-state index contributed by atoms with van der Waals surface area (Å²) < 4.78 is 11.0. The largest absolute Gasteiger partial charge is 0.438 e. The van der Waals surface area contributed by atoms with E-state index in [1.807, 2.05) is 46.1 Å². The van der Waals surface area contributed by atoms with Gasteiger partial charge in [-0.3, -0.25) is 23.4 Å². The number of fused-ring (bicyclic) bond motifs is 1. The van der Waals surface area contributed by atoms with Crippen molar-refractivity contribution in [1.29, 1.82) is 0 Å². The highest BCUT2D eigenvalue weighted by Gasteiger charge is 2.15. The van der Waals surface area contributed by atoms with Crippen LogP contribution in [0.2, 0.25) is 0 Å². The molecule has 0 saturated carbocycles. The lowest BCUT2D eigenvalue weighted by atomic mass is 10.2. The zero-order valence-electron chi connectivity index (χ0n) is 16.5. The van der Waals surface area contributed by atoms with Gasteiger partial charge in [0.25, 0.3) is 5.56 Å². The van der Waals surface area contributed by atoms with Crippen molar-refractivity contribution in [2.45, 2.75) is 26.7 Å². The number of pyridine rings is 1. The Hall–Kier alpha value is -3.42. The minimum atomic E-state index is -0.160. The summed E-state index contributed by atoms with van der Waals surface area (Å²) in [4.78, 5) is 21.5. The van der Waals surface area contributed by atoms with Crippen LogP contribution in [0.4, 0.5) is 0 Å². The molecule has 4 rings (SSSR count). The van der Waals surface area contributed by atoms with Crippen LogP contribution < -0.4 is 10.3 Å². The normalized spacial score (nSPS) is 11.5. The van der Waals surface area contributed by atoms with Crippen LogP contribution in [0, 0.1) is 6.92 Å². The molecule has 8 heteroatoms. The molecule has 0 atom stereocenters. The number of nitrogens with zero attached hydrogens (tertiary/aromatic N) is 6. The van der Waals surface area contributed by atoms with Gasteiger partial charge >= 0.3 is 0 Å². The molecule has 0 aromatic carbocycles. The first-order valence-electron chi connectivity index (χ1n) is 9.06. The summed E-state index contributed by atoms with van der Waals surface area (Å²) in [7, 11) is 3.56. The van der Waals surface area contributed by atoms with Crippen molar-refractivity contribution in [3.8, 4) is 22.9 Å². The van der Waals surface area contributed by atoms with Gasteiger partial charge in [-0.1, -0.05) is 13.8 Å². The van der Waals surface area contributed by atoms with Gasteiger partial charge in [-0.05, 0) is 19.1 Å². The van der Waals surface area contributed by atoms with Crippen molar-refractivity contribution in [3.63, 3.8) is 0 Å². The van der Waals surface area contributed by atoms with Gasteiger partial charge in [0.15, 0.2) is 0 Å². The van der Waals surface area contributed by atoms with Gasteiger partial charge in [0, 0.05) is 31.8 Å². The second kappa shape index (κ2) is 6.63. The van der Waals surface area contributed by atoms with E-state index in [0.717, 1.165) is 22.8 Å². The minimum Gasteiger partial charge on any atom is -0.438 e. The summed E-state index contributed by atoms with van der Waals surface area (Å²) in [5.74, 6) is 1.97. The average Bonchev–Trinajstić information content (AvgIpc) is 3.23. The van der Waals surface area contributed by atoms with E-state index >= 15 is 0 Å². The van der Waals surface area contributed by atoms with Crippen LogP contribution >= 0.6 is 0 Å². The van der Waals surface area contributed by atoms with Gasteiger partial charge in [-0.2, -0.15) is 5.10 Å². The predicted octanol–water partition coefficient (Wildman–Crippen LogP) is 3.05. The van der Waals surface area contributed by atoms with Crippen LogP contribution in [0.5, 0.6) is 11.6 Å². The standard InChI is InChI=1S/C20H22N6O2/c1-12(2)19-22-9-17-20(27)25(5)18(11-26(17)19)28-14-6-7-16(21-8-14)15-10-24(4)23-13(15)3/h6-12H,1-5H3. The first-order chi connectivity index (χ1) is 13.3. The second-order valence-electron chi connectivity index (χ2n) is 7.14. The lowest BCUT2D eigenvalue weighted by Crippen LogP contribution is -2.20. The molecule has 0 amide bonds. The monoisotopic (exact) mass is 378 g/mol. The molecule has 0 unspecified atom stereocenters. The van der Waals surface area contributed by atoms with Crippen molar-refractivity contribution in [2.24, 2.45) is 14.1 Å². The van der Waals surface area contributed by atoms with Gasteiger partial charge in [-0.15, -0.1) is 0 Å². The van der Waals surface area contributed by atoms with E-state index in [1.165, 1.54) is 4.57 Å². The molecule has 0 N–H and O–H groups in total. The lowest BCUT2D eigenvalue weighted by Gasteiger charge is -2.12. The Morgan fingerprint density at radius 2 is 1.86 bits per heavy atom. The van der Waals surface area contributed by atoms with E-state index < -0.39 is 0 Å². The van der Waals surface area contributed by atoms with E-state index in [0.29, 0.717) is 17.1 Å². The summed E-state index contributed by atoms with van der Waals surface area (Å²) in [5, 5.41) is 4.34. The Morgan fingerprint density at radius 3 is 2.46 bits per heavy atom. The fourth-order valence-electron chi connectivity index (χ4n) is 3.23. The predicted molar refractivity (Wildman–Crippen MR) is 106 cm³/mol. The van der Waals surface area contributed by atoms with Crippen molar-refractivity contribution < 1.29 is 4.74 Å². The first kappa shape index (κ1) is 18.0. The van der Waals surface area contributed by atoms with Crippen LogP contribution in [0.3, 0.4) is 0 Å². The molecule has 4 heterocycles. The maximum absolute atomic E-state index is 12.7. The van der Waals surface area contributed by atoms with Gasteiger partial charge in [0.2, 0.25) is 5.88 Å². The molecular weight excluding hydrogens is 356 g/mol. The third-order valence-corrected chi connectivity index (χ3v) is 4.68. The zero-order valence-corrected chi connectivity index (χ0v) is 16.5. The van der Waals surface area contributed by atoms with Crippen LogP contribution in [0.15, 0.2) is 41.7 Å². The van der Waals surface area contributed by atoms with Gasteiger partial charge in [0.05, 0.1) is 30.0 Å². The Kier molecular flexibility index (Phi) is 4.26. The molecule has 4 aromatic heterocycles. The Morgan fingerprint density at radius 1 is 1.07 bits per heavy atom. The smallest absolute Gasteiger partial charge is 0.279 e. The van der Waals surface area contributed by atoms with Crippen LogP contribution in [0.1, 0.15) is 31.3 Å². The SMILES string of the molecule is Cc1nn(C)cc1-c1ccc(Oc2cn3c(C(C)C)ncc3c(=O)n2C)cn1. The molecular formula is C20H22N6O2. The number of imidazole rings is 1. The van der Waals surface area contributed by atoms with Crippen molar-refractivity contribution in [3.05, 3.63) is 58.8 Å². The molecule has 0 aliphatic heterocycles. The fraction of sp³-hybridized carbons (Fsp3) is 0.300. The minimum absolute atomic E-state index is 0.160. The number of hydrogen-bond acceptors (Lipinski definition) is 5. The Balaban J connectivity index is 1.70.